The van der Waals surface area contributed by atoms with E-state index >= 15 is 0 Å². The lowest BCUT2D eigenvalue weighted by atomic mass is 9.81. The van der Waals surface area contributed by atoms with Crippen molar-refractivity contribution in [3.05, 3.63) is 0 Å². The minimum atomic E-state index is -0.225. The Kier molecular flexibility index (Phi) is 12.7. The quantitative estimate of drug-likeness (QED) is 0.813. The number of hydrogen-bond acceptors (Lipinski definition) is 3. The van der Waals surface area contributed by atoms with Gasteiger partial charge in [-0.05, 0) is 31.6 Å². The summed E-state index contributed by atoms with van der Waals surface area (Å²) in [5.74, 6) is 0.00339. The van der Waals surface area contributed by atoms with Crippen LogP contribution in [-0.2, 0) is 14.4 Å². The van der Waals surface area contributed by atoms with Gasteiger partial charge in [0.15, 0.2) is 0 Å². The number of hydrogen-bond donors (Lipinski definition) is 1. The molecule has 2 rings (SSSR count). The van der Waals surface area contributed by atoms with E-state index in [1.54, 1.807) is 0 Å². The van der Waals surface area contributed by atoms with E-state index in [-0.39, 0.29) is 31.1 Å². The van der Waals surface area contributed by atoms with E-state index in [2.05, 4.69) is 0 Å². The topological polar surface area (TPSA) is 80.5 Å². The summed E-state index contributed by atoms with van der Waals surface area (Å²) < 4.78 is 0. The molecule has 2 N–H and O–H groups in total. The first-order chi connectivity index (χ1) is 10.1. The maximum absolute atomic E-state index is 11.5. The number of nitrogens with zero attached hydrogens (tertiary/aromatic N) is 1. The van der Waals surface area contributed by atoms with Crippen molar-refractivity contribution in [3.63, 3.8) is 0 Å². The van der Waals surface area contributed by atoms with E-state index in [0.717, 1.165) is 25.7 Å². The van der Waals surface area contributed by atoms with Gasteiger partial charge in [0.05, 0.1) is 0 Å². The minimum absolute atomic E-state index is 0. The first kappa shape index (κ1) is 22.9. The van der Waals surface area contributed by atoms with Crippen LogP contribution in [-0.4, -0.2) is 29.2 Å². The number of imide groups is 1. The lowest BCUT2D eigenvalue weighted by molar-refractivity contribution is -0.139. The molecule has 130 valence electrons. The maximum Gasteiger partial charge on any atom is 0.229 e. The number of carbonyl (C=O) groups is 3. The van der Waals surface area contributed by atoms with E-state index in [1.165, 1.54) is 4.90 Å². The fourth-order valence-corrected chi connectivity index (χ4v) is 2.71. The summed E-state index contributed by atoms with van der Waals surface area (Å²) in [5.41, 5.74) is 5.26. The van der Waals surface area contributed by atoms with Crippen LogP contribution in [0.2, 0.25) is 0 Å². The number of likely N-dealkylation sites (tertiary alicyclic amines) is 1. The fraction of sp³-hybridized carbons (Fsp3) is 0.824. The first-order valence-electron chi connectivity index (χ1n) is 8.20. The second kappa shape index (κ2) is 12.2. The highest BCUT2D eigenvalue weighted by molar-refractivity contribution is 6.01. The van der Waals surface area contributed by atoms with Crippen molar-refractivity contribution in [3.8, 4) is 0 Å². The second-order valence-corrected chi connectivity index (χ2v) is 5.02. The molecule has 3 amide bonds. The molecule has 0 bridgehead atoms. The van der Waals surface area contributed by atoms with Gasteiger partial charge in [0.1, 0.15) is 0 Å². The van der Waals surface area contributed by atoms with Crippen molar-refractivity contribution in [1.29, 1.82) is 0 Å². The first-order valence-corrected chi connectivity index (χ1v) is 8.20. The van der Waals surface area contributed by atoms with Gasteiger partial charge in [0, 0.05) is 25.3 Å². The molecule has 1 saturated heterocycles. The van der Waals surface area contributed by atoms with Crippen molar-refractivity contribution < 1.29 is 14.4 Å². The molecular weight excluding hydrogens is 280 g/mol. The number of amides is 3. The zero-order valence-corrected chi connectivity index (χ0v) is 13.9. The van der Waals surface area contributed by atoms with E-state index < -0.39 is 0 Å². The molecule has 0 atom stereocenters. The Morgan fingerprint density at radius 2 is 1.41 bits per heavy atom. The van der Waals surface area contributed by atoms with Crippen LogP contribution in [0.5, 0.6) is 0 Å². The Balaban J connectivity index is 0. The molecule has 2 fully saturated rings. The van der Waals surface area contributed by atoms with Crippen LogP contribution < -0.4 is 5.73 Å². The third-order valence-corrected chi connectivity index (χ3v) is 3.84. The summed E-state index contributed by atoms with van der Waals surface area (Å²) in [7, 11) is 0. The van der Waals surface area contributed by atoms with Crippen LogP contribution in [0.1, 0.15) is 73.6 Å². The summed E-state index contributed by atoms with van der Waals surface area (Å²) in [4.78, 5) is 35.3. The zero-order chi connectivity index (χ0) is 16.4. The third-order valence-electron chi connectivity index (χ3n) is 3.84. The van der Waals surface area contributed by atoms with Crippen molar-refractivity contribution in [1.82, 2.24) is 4.90 Å². The van der Waals surface area contributed by atoms with Crippen LogP contribution in [0.15, 0.2) is 0 Å². The molecule has 0 spiro atoms. The van der Waals surface area contributed by atoms with Gasteiger partial charge in [-0.1, -0.05) is 35.1 Å². The predicted octanol–water partition coefficient (Wildman–Crippen LogP) is 3.12. The van der Waals surface area contributed by atoms with Gasteiger partial charge < -0.3 is 5.73 Å². The number of primary amides is 1. The molecule has 0 aromatic carbocycles. The Bertz CT molecular complexity index is 332. The predicted molar refractivity (Wildman–Crippen MR) is 90.0 cm³/mol. The third kappa shape index (κ3) is 6.58. The lowest BCUT2D eigenvalue weighted by Gasteiger charge is -2.29. The van der Waals surface area contributed by atoms with Crippen LogP contribution in [0.4, 0.5) is 0 Å². The molecule has 2 aliphatic rings. The Hall–Kier alpha value is -1.39. The monoisotopic (exact) mass is 314 g/mol. The summed E-state index contributed by atoms with van der Waals surface area (Å²) in [5, 5.41) is 0. The van der Waals surface area contributed by atoms with Crippen LogP contribution in [0.25, 0.3) is 0 Å². The summed E-state index contributed by atoms with van der Waals surface area (Å²) >= 11 is 0. The van der Waals surface area contributed by atoms with Crippen molar-refractivity contribution in [2.45, 2.75) is 73.6 Å². The Morgan fingerprint density at radius 1 is 1.00 bits per heavy atom. The van der Waals surface area contributed by atoms with Gasteiger partial charge in [-0.25, -0.2) is 0 Å². The molecule has 0 aromatic rings. The van der Waals surface area contributed by atoms with E-state index in [1.807, 2.05) is 27.7 Å². The second-order valence-electron chi connectivity index (χ2n) is 5.02. The van der Waals surface area contributed by atoms with E-state index in [9.17, 15) is 14.4 Å². The lowest BCUT2D eigenvalue weighted by Crippen LogP contribution is -2.36. The molecule has 1 saturated carbocycles. The van der Waals surface area contributed by atoms with Crippen molar-refractivity contribution >= 4 is 17.7 Å². The van der Waals surface area contributed by atoms with Gasteiger partial charge in [-0.15, -0.1) is 0 Å². The Morgan fingerprint density at radius 3 is 1.77 bits per heavy atom. The van der Waals surface area contributed by atoms with Gasteiger partial charge in [-0.3, -0.25) is 19.3 Å². The van der Waals surface area contributed by atoms with Crippen molar-refractivity contribution in [2.24, 2.45) is 17.6 Å². The van der Waals surface area contributed by atoms with E-state index in [0.29, 0.717) is 25.3 Å². The van der Waals surface area contributed by atoms with Crippen LogP contribution >= 0.6 is 0 Å². The summed E-state index contributed by atoms with van der Waals surface area (Å²) in [6, 6.07) is 0. The van der Waals surface area contributed by atoms with Gasteiger partial charge in [0.25, 0.3) is 0 Å². The molecule has 1 aliphatic carbocycles. The van der Waals surface area contributed by atoms with Crippen LogP contribution in [0, 0.1) is 11.8 Å². The average Bonchev–Trinajstić information content (AvgIpc) is 2.84. The molecule has 5 nitrogen and oxygen atoms in total. The molecule has 22 heavy (non-hydrogen) atoms. The van der Waals surface area contributed by atoms with Gasteiger partial charge in [0.2, 0.25) is 17.7 Å². The molecule has 0 aromatic heterocycles. The molecule has 1 heterocycles. The summed E-state index contributed by atoms with van der Waals surface area (Å²) in [6.45, 7) is 8.53. The number of carbonyl (C=O) groups excluding carboxylic acids is 3. The molecule has 1 aliphatic heterocycles. The van der Waals surface area contributed by atoms with Gasteiger partial charge >= 0.3 is 0 Å². The highest BCUT2D eigenvalue weighted by atomic mass is 16.2. The fourth-order valence-electron chi connectivity index (χ4n) is 2.71. The van der Waals surface area contributed by atoms with E-state index in [4.69, 9.17) is 5.73 Å². The SMILES string of the molecule is C.CC.CC.NC(=O)C1CCC(CN2C(=O)CCC2=O)CC1. The highest BCUT2D eigenvalue weighted by Crippen LogP contribution is 2.30. The summed E-state index contributed by atoms with van der Waals surface area (Å²) in [6.07, 6.45) is 4.05. The average molecular weight is 314 g/mol. The normalized spacial score (nSPS) is 23.5. The minimum Gasteiger partial charge on any atom is -0.369 e. The smallest absolute Gasteiger partial charge is 0.229 e. The van der Waals surface area contributed by atoms with Crippen LogP contribution in [0.3, 0.4) is 0 Å². The number of rotatable bonds is 3. The molecule has 0 radical (unpaired) electrons. The largest absolute Gasteiger partial charge is 0.369 e. The van der Waals surface area contributed by atoms with Gasteiger partial charge in [-0.2, -0.15) is 0 Å². The van der Waals surface area contributed by atoms with Crippen molar-refractivity contribution in [2.75, 3.05) is 6.54 Å². The number of nitrogens with two attached hydrogens (primary N) is 1. The molecule has 5 heteroatoms. The Labute approximate surface area is 135 Å². The molecule has 0 unspecified atom stereocenters. The maximum atomic E-state index is 11.5. The standard InChI is InChI=1S/C12H18N2O3.2C2H6.CH4/c13-12(17)9-3-1-8(2-4-9)7-14-10(15)5-6-11(14)16;2*1-2;/h8-9H,1-7H2,(H2,13,17);2*1-2H3;1H4. The highest BCUT2D eigenvalue weighted by Gasteiger charge is 2.32. The zero-order valence-electron chi connectivity index (χ0n) is 13.9. The molecular formula is C17H34N2O3.